The van der Waals surface area contributed by atoms with Gasteiger partial charge in [0.25, 0.3) is 0 Å². The molecule has 1 N–H and O–H groups in total. The number of ether oxygens (including phenoxy) is 1. The highest BCUT2D eigenvalue weighted by Gasteiger charge is 2.31. The maximum Gasteiger partial charge on any atom is 0.0551 e. The van der Waals surface area contributed by atoms with Crippen LogP contribution in [0.25, 0.3) is 0 Å². The molecule has 1 aliphatic heterocycles. The first-order valence-electron chi connectivity index (χ1n) is 6.61. The van der Waals surface area contributed by atoms with Crippen molar-refractivity contribution in [2.75, 3.05) is 13.2 Å². The van der Waals surface area contributed by atoms with Gasteiger partial charge in [0.1, 0.15) is 0 Å². The van der Waals surface area contributed by atoms with Crippen LogP contribution in [0.5, 0.6) is 0 Å². The average Bonchev–Trinajstić information content (AvgIpc) is 2.90. The summed E-state index contributed by atoms with van der Waals surface area (Å²) in [7, 11) is 0. The second-order valence-corrected chi connectivity index (χ2v) is 5.99. The van der Waals surface area contributed by atoms with Gasteiger partial charge in [-0.2, -0.15) is 0 Å². The summed E-state index contributed by atoms with van der Waals surface area (Å²) in [6, 6.07) is 2.71. The van der Waals surface area contributed by atoms with E-state index >= 15 is 0 Å². The molecule has 1 aliphatic rings. The fourth-order valence-corrected chi connectivity index (χ4v) is 3.65. The molecule has 0 spiro atoms. The van der Waals surface area contributed by atoms with Crippen molar-refractivity contribution in [3.63, 3.8) is 0 Å². The lowest BCUT2D eigenvalue weighted by atomic mass is 9.94. The van der Waals surface area contributed by atoms with Crippen LogP contribution in [0.3, 0.4) is 0 Å². The summed E-state index contributed by atoms with van der Waals surface area (Å²) in [5.41, 5.74) is 1.42. The molecular weight excluding hydrogens is 230 g/mol. The van der Waals surface area contributed by atoms with Crippen molar-refractivity contribution in [1.29, 1.82) is 0 Å². The highest BCUT2D eigenvalue weighted by atomic mass is 32.1. The SMILES string of the molecule is CCCNC(c1sccc1C)C1COC(C)C1. The first kappa shape index (κ1) is 13.1. The molecule has 96 valence electrons. The third-order valence-electron chi connectivity index (χ3n) is 3.50. The number of hydrogen-bond donors (Lipinski definition) is 1. The molecule has 2 heterocycles. The number of nitrogens with one attached hydrogen (secondary N) is 1. The molecule has 0 aliphatic carbocycles. The van der Waals surface area contributed by atoms with E-state index in [0.29, 0.717) is 18.1 Å². The highest BCUT2D eigenvalue weighted by molar-refractivity contribution is 7.10. The van der Waals surface area contributed by atoms with Gasteiger partial charge >= 0.3 is 0 Å². The minimum absolute atomic E-state index is 0.422. The molecule has 2 rings (SSSR count). The van der Waals surface area contributed by atoms with E-state index in [1.165, 1.54) is 23.3 Å². The molecule has 0 saturated carbocycles. The van der Waals surface area contributed by atoms with E-state index < -0.39 is 0 Å². The molecule has 17 heavy (non-hydrogen) atoms. The van der Waals surface area contributed by atoms with Gasteiger partial charge in [-0.25, -0.2) is 0 Å². The van der Waals surface area contributed by atoms with Crippen LogP contribution < -0.4 is 5.32 Å². The molecule has 0 aromatic carbocycles. The monoisotopic (exact) mass is 253 g/mol. The van der Waals surface area contributed by atoms with Crippen molar-refractivity contribution in [1.82, 2.24) is 5.32 Å². The van der Waals surface area contributed by atoms with E-state index in [1.807, 2.05) is 11.3 Å². The summed E-state index contributed by atoms with van der Waals surface area (Å²) in [6.07, 6.45) is 2.79. The predicted molar refractivity (Wildman–Crippen MR) is 73.6 cm³/mol. The second-order valence-electron chi connectivity index (χ2n) is 5.04. The molecule has 1 fully saturated rings. The summed E-state index contributed by atoms with van der Waals surface area (Å²) >= 11 is 1.88. The molecule has 1 saturated heterocycles. The lowest BCUT2D eigenvalue weighted by Gasteiger charge is -2.23. The molecular formula is C14H23NOS. The van der Waals surface area contributed by atoms with Crippen LogP contribution in [0, 0.1) is 12.8 Å². The molecule has 0 radical (unpaired) electrons. The van der Waals surface area contributed by atoms with Crippen LogP contribution in [0.15, 0.2) is 11.4 Å². The van der Waals surface area contributed by atoms with Gasteiger partial charge in [-0.15, -0.1) is 11.3 Å². The van der Waals surface area contributed by atoms with Crippen molar-refractivity contribution in [2.45, 2.75) is 45.8 Å². The third kappa shape index (κ3) is 3.09. The first-order chi connectivity index (χ1) is 8.22. The molecule has 1 aromatic heterocycles. The van der Waals surface area contributed by atoms with E-state index in [1.54, 1.807) is 0 Å². The summed E-state index contributed by atoms with van der Waals surface area (Å²) in [4.78, 5) is 1.50. The average molecular weight is 253 g/mol. The Labute approximate surface area is 108 Å². The summed E-state index contributed by atoms with van der Waals surface area (Å²) in [5.74, 6) is 0.633. The molecule has 3 unspecified atom stereocenters. The summed E-state index contributed by atoms with van der Waals surface area (Å²) < 4.78 is 5.73. The molecule has 2 nitrogen and oxygen atoms in total. The number of rotatable bonds is 5. The van der Waals surface area contributed by atoms with Crippen LogP contribution in [-0.4, -0.2) is 19.3 Å². The highest BCUT2D eigenvalue weighted by Crippen LogP contribution is 2.35. The van der Waals surface area contributed by atoms with Gasteiger partial charge < -0.3 is 10.1 Å². The van der Waals surface area contributed by atoms with E-state index in [4.69, 9.17) is 4.74 Å². The number of hydrogen-bond acceptors (Lipinski definition) is 3. The van der Waals surface area contributed by atoms with E-state index in [9.17, 15) is 0 Å². The Morgan fingerprint density at radius 2 is 2.41 bits per heavy atom. The van der Waals surface area contributed by atoms with E-state index in [2.05, 4.69) is 37.5 Å². The minimum Gasteiger partial charge on any atom is -0.378 e. The fraction of sp³-hybridized carbons (Fsp3) is 0.714. The van der Waals surface area contributed by atoms with E-state index in [-0.39, 0.29) is 0 Å². The van der Waals surface area contributed by atoms with Crippen molar-refractivity contribution in [3.8, 4) is 0 Å². The van der Waals surface area contributed by atoms with Crippen molar-refractivity contribution >= 4 is 11.3 Å². The zero-order valence-electron chi connectivity index (χ0n) is 11.0. The Morgan fingerprint density at radius 3 is 2.94 bits per heavy atom. The molecule has 0 bridgehead atoms. The minimum atomic E-state index is 0.422. The molecule has 3 heteroatoms. The van der Waals surface area contributed by atoms with Crippen molar-refractivity contribution in [2.24, 2.45) is 5.92 Å². The van der Waals surface area contributed by atoms with Crippen LogP contribution in [0.2, 0.25) is 0 Å². The summed E-state index contributed by atoms with van der Waals surface area (Å²) in [6.45, 7) is 8.61. The topological polar surface area (TPSA) is 21.3 Å². The van der Waals surface area contributed by atoms with Crippen LogP contribution in [-0.2, 0) is 4.74 Å². The molecule has 0 amide bonds. The quantitative estimate of drug-likeness (QED) is 0.867. The normalized spacial score (nSPS) is 26.3. The second kappa shape index (κ2) is 5.98. The lowest BCUT2D eigenvalue weighted by Crippen LogP contribution is -2.29. The maximum atomic E-state index is 5.73. The number of aryl methyl sites for hydroxylation is 1. The van der Waals surface area contributed by atoms with Gasteiger partial charge in [0.15, 0.2) is 0 Å². The predicted octanol–water partition coefficient (Wildman–Crippen LogP) is 3.52. The smallest absolute Gasteiger partial charge is 0.0551 e. The fourth-order valence-electron chi connectivity index (χ4n) is 2.56. The largest absolute Gasteiger partial charge is 0.378 e. The van der Waals surface area contributed by atoms with Gasteiger partial charge in [0.05, 0.1) is 12.7 Å². The molecule has 3 atom stereocenters. The summed E-state index contributed by atoms with van der Waals surface area (Å²) in [5, 5.41) is 5.90. The zero-order chi connectivity index (χ0) is 12.3. The van der Waals surface area contributed by atoms with Crippen molar-refractivity contribution < 1.29 is 4.74 Å². The van der Waals surface area contributed by atoms with Crippen LogP contribution in [0.1, 0.15) is 43.2 Å². The zero-order valence-corrected chi connectivity index (χ0v) is 11.8. The van der Waals surface area contributed by atoms with Crippen LogP contribution >= 0.6 is 11.3 Å². The van der Waals surface area contributed by atoms with E-state index in [0.717, 1.165) is 13.2 Å². The standard InChI is InChI=1S/C14H23NOS/c1-4-6-15-13(12-8-11(3)16-9-12)14-10(2)5-7-17-14/h5,7,11-13,15H,4,6,8-9H2,1-3H3. The molecule has 1 aromatic rings. The van der Waals surface area contributed by atoms with Gasteiger partial charge in [0, 0.05) is 16.8 Å². The van der Waals surface area contributed by atoms with Gasteiger partial charge in [-0.05, 0) is 50.2 Å². The van der Waals surface area contributed by atoms with Crippen molar-refractivity contribution in [3.05, 3.63) is 21.9 Å². The maximum absolute atomic E-state index is 5.73. The van der Waals surface area contributed by atoms with Gasteiger partial charge in [-0.1, -0.05) is 6.92 Å². The van der Waals surface area contributed by atoms with Gasteiger partial charge in [0.2, 0.25) is 0 Å². The Balaban J connectivity index is 2.10. The first-order valence-corrected chi connectivity index (χ1v) is 7.49. The Kier molecular flexibility index (Phi) is 4.60. The third-order valence-corrected chi connectivity index (χ3v) is 4.60. The Bertz CT molecular complexity index is 350. The Morgan fingerprint density at radius 1 is 1.59 bits per heavy atom. The van der Waals surface area contributed by atoms with Crippen LogP contribution in [0.4, 0.5) is 0 Å². The van der Waals surface area contributed by atoms with Gasteiger partial charge in [-0.3, -0.25) is 0 Å². The Hall–Kier alpha value is -0.380. The number of thiophene rings is 1. The lowest BCUT2D eigenvalue weighted by molar-refractivity contribution is 0.117.